The molecule has 0 heterocycles. The lowest BCUT2D eigenvalue weighted by molar-refractivity contribution is -0.202. The van der Waals surface area contributed by atoms with E-state index in [1.807, 2.05) is 19.4 Å². The van der Waals surface area contributed by atoms with Crippen molar-refractivity contribution in [2.75, 3.05) is 0 Å². The lowest BCUT2D eigenvalue weighted by atomic mass is 9.34. The molecule has 0 spiro atoms. The van der Waals surface area contributed by atoms with E-state index in [0.717, 1.165) is 37.5 Å². The molecule has 5 rings (SSSR count). The van der Waals surface area contributed by atoms with Gasteiger partial charge in [0, 0.05) is 12.8 Å². The molecule has 0 saturated heterocycles. The maximum absolute atomic E-state index is 12.9. The fraction of sp³-hybridized carbons (Fsp3) is 0.886. The summed E-state index contributed by atoms with van der Waals surface area (Å²) in [5, 5.41) is 3.44. The smallest absolute Gasteiger partial charge is 0.305 e. The van der Waals surface area contributed by atoms with E-state index in [1.54, 1.807) is 0 Å². The topological polar surface area (TPSA) is 55.4 Å². The van der Waals surface area contributed by atoms with Crippen LogP contribution in [-0.2, 0) is 14.3 Å². The van der Waals surface area contributed by atoms with Gasteiger partial charge in [-0.25, -0.2) is 0 Å². The Kier molecular flexibility index (Phi) is 7.20. The Morgan fingerprint density at radius 1 is 0.897 bits per heavy atom. The van der Waals surface area contributed by atoms with Crippen molar-refractivity contribution < 1.29 is 14.3 Å². The zero-order valence-electron chi connectivity index (χ0n) is 26.5. The maximum atomic E-state index is 12.9. The fourth-order valence-electron chi connectivity index (χ4n) is 11.5. The van der Waals surface area contributed by atoms with Gasteiger partial charge in [-0.15, -0.1) is 0 Å². The quantitative estimate of drug-likeness (QED) is 0.289. The van der Waals surface area contributed by atoms with E-state index < -0.39 is 5.54 Å². The van der Waals surface area contributed by atoms with Crippen molar-refractivity contribution in [3.63, 3.8) is 0 Å². The van der Waals surface area contributed by atoms with Crippen molar-refractivity contribution >= 4 is 11.9 Å². The molecule has 0 aromatic carbocycles. The summed E-state index contributed by atoms with van der Waals surface area (Å²) >= 11 is 0. The first-order valence-corrected chi connectivity index (χ1v) is 16.4. The van der Waals surface area contributed by atoms with Crippen LogP contribution in [-0.4, -0.2) is 23.5 Å². The predicted molar refractivity (Wildman–Crippen MR) is 158 cm³/mol. The predicted octanol–water partition coefficient (Wildman–Crippen LogP) is 8.24. The number of ether oxygens (including phenoxy) is 1. The van der Waals surface area contributed by atoms with E-state index in [1.165, 1.54) is 32.1 Å². The van der Waals surface area contributed by atoms with Gasteiger partial charge in [0.05, 0.1) is 5.54 Å². The van der Waals surface area contributed by atoms with Crippen molar-refractivity contribution in [2.24, 2.45) is 51.2 Å². The molecule has 4 heteroatoms. The van der Waals surface area contributed by atoms with Crippen molar-refractivity contribution in [1.82, 2.24) is 5.32 Å². The molecule has 5 aliphatic rings. The van der Waals surface area contributed by atoms with Crippen LogP contribution in [0, 0.1) is 51.2 Å². The molecule has 0 bridgehead atoms. The van der Waals surface area contributed by atoms with Gasteiger partial charge in [0.1, 0.15) is 6.10 Å². The van der Waals surface area contributed by atoms with Gasteiger partial charge in [-0.3, -0.25) is 9.59 Å². The Bertz CT molecular complexity index is 1030. The molecular formula is C35H57NO3. The second-order valence-corrected chi connectivity index (χ2v) is 15.9. The normalized spacial score (nSPS) is 50.8. The number of fused-ring (bicyclic) bond motifs is 7. The third kappa shape index (κ3) is 4.03. The zero-order valence-corrected chi connectivity index (χ0v) is 26.5. The highest BCUT2D eigenvalue weighted by Crippen LogP contribution is 2.75. The van der Waals surface area contributed by atoms with Crippen LogP contribution < -0.4 is 5.32 Å². The van der Waals surface area contributed by atoms with Crippen LogP contribution in [0.15, 0.2) is 11.6 Å². The fourth-order valence-corrected chi connectivity index (χ4v) is 11.5. The van der Waals surface area contributed by atoms with E-state index in [-0.39, 0.29) is 34.2 Å². The minimum Gasteiger partial charge on any atom is -0.460 e. The molecule has 220 valence electrons. The van der Waals surface area contributed by atoms with E-state index >= 15 is 0 Å². The summed E-state index contributed by atoms with van der Waals surface area (Å²) in [5.74, 6) is 3.04. The molecule has 11 atom stereocenters. The molecule has 4 fully saturated rings. The number of rotatable bonds is 4. The number of amides is 1. The first kappa shape index (κ1) is 29.2. The minimum atomic E-state index is -0.532. The average Bonchev–Trinajstić information content (AvgIpc) is 2.89. The van der Waals surface area contributed by atoms with Crippen LogP contribution in [0.2, 0.25) is 0 Å². The maximum Gasteiger partial charge on any atom is 0.305 e. The van der Waals surface area contributed by atoms with Crippen LogP contribution >= 0.6 is 0 Å². The van der Waals surface area contributed by atoms with Gasteiger partial charge in [-0.05, 0) is 116 Å². The molecule has 0 radical (unpaired) electrons. The molecule has 0 unspecified atom stereocenters. The summed E-state index contributed by atoms with van der Waals surface area (Å²) in [6.07, 6.45) is 14.0. The van der Waals surface area contributed by atoms with Gasteiger partial charge in [-0.2, -0.15) is 0 Å². The van der Waals surface area contributed by atoms with Crippen LogP contribution in [0.3, 0.4) is 0 Å². The number of esters is 1. The molecule has 0 aromatic heterocycles. The van der Waals surface area contributed by atoms with Gasteiger partial charge in [0.25, 0.3) is 0 Å². The summed E-state index contributed by atoms with van der Waals surface area (Å²) in [6.45, 7) is 21.5. The number of carbonyl (C=O) groups is 2. The molecule has 1 amide bonds. The first-order chi connectivity index (χ1) is 18.2. The molecule has 39 heavy (non-hydrogen) atoms. The molecule has 5 aliphatic carbocycles. The summed E-state index contributed by atoms with van der Waals surface area (Å²) in [4.78, 5) is 25.4. The lowest BCUT2D eigenvalue weighted by Gasteiger charge is -2.71. The number of carbonyl (C=O) groups excluding carboxylic acids is 2. The van der Waals surface area contributed by atoms with Crippen molar-refractivity contribution in [3.8, 4) is 0 Å². The third-order valence-electron chi connectivity index (χ3n) is 14.3. The van der Waals surface area contributed by atoms with Crippen LogP contribution in [0.1, 0.15) is 133 Å². The highest BCUT2D eigenvalue weighted by Gasteiger charge is 2.69. The SMILES string of the molecule is CCC(=O)N[C@]1(C)[C@@H]2CC[C@]3(C)[C@H](CC=C4[C@@H]5[C@@H](C)[C@H](C)CC[C@]5(C)CC[C@]43C)[C@@]2(C)CC[C@H]1OC(=O)CC. The summed E-state index contributed by atoms with van der Waals surface area (Å²) in [6, 6.07) is 0. The molecule has 4 saturated carbocycles. The van der Waals surface area contributed by atoms with E-state index in [0.29, 0.717) is 36.0 Å². The molecule has 4 nitrogen and oxygen atoms in total. The van der Waals surface area contributed by atoms with Gasteiger partial charge in [0.15, 0.2) is 0 Å². The van der Waals surface area contributed by atoms with Gasteiger partial charge in [-0.1, -0.05) is 67.0 Å². The number of hydrogen-bond donors (Lipinski definition) is 1. The monoisotopic (exact) mass is 539 g/mol. The first-order valence-electron chi connectivity index (χ1n) is 16.4. The minimum absolute atomic E-state index is 0.0670. The highest BCUT2D eigenvalue weighted by atomic mass is 16.5. The Labute approximate surface area is 238 Å². The summed E-state index contributed by atoms with van der Waals surface area (Å²) in [5.41, 5.74) is 2.29. The van der Waals surface area contributed by atoms with Gasteiger partial charge in [0.2, 0.25) is 5.91 Å². The number of hydrogen-bond acceptors (Lipinski definition) is 3. The highest BCUT2D eigenvalue weighted by molar-refractivity contribution is 5.77. The largest absolute Gasteiger partial charge is 0.460 e. The Morgan fingerprint density at radius 2 is 1.62 bits per heavy atom. The second-order valence-electron chi connectivity index (χ2n) is 15.9. The van der Waals surface area contributed by atoms with E-state index in [9.17, 15) is 9.59 Å². The summed E-state index contributed by atoms with van der Waals surface area (Å²) < 4.78 is 6.09. The Balaban J connectivity index is 1.55. The molecular weight excluding hydrogens is 482 g/mol. The second kappa shape index (κ2) is 9.62. The summed E-state index contributed by atoms with van der Waals surface area (Å²) in [7, 11) is 0. The average molecular weight is 540 g/mol. The lowest BCUT2D eigenvalue weighted by Crippen LogP contribution is -2.71. The number of nitrogens with one attached hydrogen (secondary N) is 1. The van der Waals surface area contributed by atoms with E-state index in [4.69, 9.17) is 4.74 Å². The van der Waals surface area contributed by atoms with E-state index in [2.05, 4.69) is 59.9 Å². The van der Waals surface area contributed by atoms with Crippen LogP contribution in [0.5, 0.6) is 0 Å². The molecule has 0 aromatic rings. The van der Waals surface area contributed by atoms with Gasteiger partial charge >= 0.3 is 5.97 Å². The Morgan fingerprint density at radius 3 is 2.28 bits per heavy atom. The van der Waals surface area contributed by atoms with Crippen LogP contribution in [0.25, 0.3) is 0 Å². The standard InChI is InChI=1S/C35H57NO3/c1-10-28(37)36-35(9)26-15-19-34(8)25(32(26,6)18-16-27(35)39-29(38)11-2)13-12-24-30-23(4)22(3)14-17-31(30,5)20-21-33(24,34)7/h12,22-23,25-27,30H,10-11,13-21H2,1-9H3,(H,36,37)/t22-,23+,25-,26-,27-,30+,31-,32-,33-,34-,35-/m1/s1. The van der Waals surface area contributed by atoms with Crippen molar-refractivity contribution in [3.05, 3.63) is 11.6 Å². The number of allylic oxidation sites excluding steroid dienone is 2. The van der Waals surface area contributed by atoms with Crippen LogP contribution in [0.4, 0.5) is 0 Å². The Hall–Kier alpha value is -1.32. The third-order valence-corrected chi connectivity index (χ3v) is 14.3. The zero-order chi connectivity index (χ0) is 28.6. The van der Waals surface area contributed by atoms with Gasteiger partial charge < -0.3 is 10.1 Å². The molecule has 1 N–H and O–H groups in total. The van der Waals surface area contributed by atoms with Crippen molar-refractivity contribution in [1.29, 1.82) is 0 Å². The molecule has 0 aliphatic heterocycles. The van der Waals surface area contributed by atoms with Crippen molar-refractivity contribution in [2.45, 2.75) is 145 Å².